The molecule has 2 heterocycles. The quantitative estimate of drug-likeness (QED) is 0.685. The number of rotatable bonds is 4. The van der Waals surface area contributed by atoms with Crippen LogP contribution in [0.3, 0.4) is 0 Å². The molecule has 8 heteroatoms. The van der Waals surface area contributed by atoms with Gasteiger partial charge in [-0.25, -0.2) is 0 Å². The van der Waals surface area contributed by atoms with Crippen molar-refractivity contribution < 1.29 is 18.0 Å². The number of carbonyl (C=O) groups excluding carboxylic acids is 1. The van der Waals surface area contributed by atoms with E-state index in [1.54, 1.807) is 13.0 Å². The summed E-state index contributed by atoms with van der Waals surface area (Å²) in [7, 11) is 0. The molecule has 2 aliphatic rings. The highest BCUT2D eigenvalue weighted by atomic mass is 32.2. The lowest BCUT2D eigenvalue weighted by Gasteiger charge is -2.36. The van der Waals surface area contributed by atoms with Gasteiger partial charge in [0.05, 0.1) is 16.9 Å². The molecule has 4 rings (SSSR count). The lowest BCUT2D eigenvalue weighted by Crippen LogP contribution is -2.48. The van der Waals surface area contributed by atoms with E-state index in [1.807, 2.05) is 34.1 Å². The minimum atomic E-state index is -4.36. The molecule has 1 amide bonds. The summed E-state index contributed by atoms with van der Waals surface area (Å²) in [4.78, 5) is 19.6. The third-order valence-corrected chi connectivity index (χ3v) is 6.76. The number of para-hydroxylation sites is 1. The van der Waals surface area contributed by atoms with E-state index in [0.29, 0.717) is 12.2 Å². The fourth-order valence-corrected chi connectivity index (χ4v) is 5.06. The van der Waals surface area contributed by atoms with Gasteiger partial charge in [0, 0.05) is 49.4 Å². The van der Waals surface area contributed by atoms with Crippen molar-refractivity contribution in [3.8, 4) is 0 Å². The van der Waals surface area contributed by atoms with Gasteiger partial charge >= 0.3 is 6.18 Å². The van der Waals surface area contributed by atoms with Gasteiger partial charge < -0.3 is 9.80 Å². The van der Waals surface area contributed by atoms with Crippen molar-refractivity contribution in [2.75, 3.05) is 44.2 Å². The first-order valence-corrected chi connectivity index (χ1v) is 10.9. The zero-order valence-corrected chi connectivity index (χ0v) is 17.6. The number of piperazine rings is 1. The van der Waals surface area contributed by atoms with Crippen LogP contribution in [-0.2, 0) is 11.0 Å². The second-order valence-corrected chi connectivity index (χ2v) is 8.69. The highest BCUT2D eigenvalue weighted by molar-refractivity contribution is 7.99. The number of hydrogen-bond acceptors (Lipinski definition) is 4. The fraction of sp³-hybridized carbons (Fsp3) is 0.409. The summed E-state index contributed by atoms with van der Waals surface area (Å²) >= 11 is 1.51. The van der Waals surface area contributed by atoms with Crippen LogP contribution < -0.4 is 4.90 Å². The third-order valence-electron chi connectivity index (χ3n) is 5.63. The van der Waals surface area contributed by atoms with E-state index in [2.05, 4.69) is 4.90 Å². The van der Waals surface area contributed by atoms with Crippen LogP contribution in [0.5, 0.6) is 0 Å². The Kier molecular flexibility index (Phi) is 5.97. The highest BCUT2D eigenvalue weighted by Gasteiger charge is 2.33. The molecule has 2 aliphatic heterocycles. The molecular formula is C22H24F3N3OS. The number of amides is 1. The van der Waals surface area contributed by atoms with Gasteiger partial charge in [0.15, 0.2) is 0 Å². The van der Waals surface area contributed by atoms with Gasteiger partial charge in [-0.3, -0.25) is 9.69 Å². The predicted octanol–water partition coefficient (Wildman–Crippen LogP) is 4.86. The molecule has 0 bridgehead atoms. The van der Waals surface area contributed by atoms with Gasteiger partial charge in [-0.1, -0.05) is 23.9 Å². The first-order chi connectivity index (χ1) is 14.3. The second-order valence-electron chi connectivity index (χ2n) is 7.60. The van der Waals surface area contributed by atoms with Crippen LogP contribution in [0, 0.1) is 0 Å². The predicted molar refractivity (Wildman–Crippen MR) is 112 cm³/mol. The number of hydrogen-bond donors (Lipinski definition) is 0. The molecule has 0 unspecified atom stereocenters. The van der Waals surface area contributed by atoms with E-state index < -0.39 is 11.7 Å². The average Bonchev–Trinajstić information content (AvgIpc) is 2.72. The molecule has 0 atom stereocenters. The van der Waals surface area contributed by atoms with Gasteiger partial charge in [0.2, 0.25) is 5.91 Å². The van der Waals surface area contributed by atoms with Gasteiger partial charge in [-0.15, -0.1) is 0 Å². The van der Waals surface area contributed by atoms with Gasteiger partial charge in [0.25, 0.3) is 0 Å². The summed E-state index contributed by atoms with van der Waals surface area (Å²) < 4.78 is 39.9. The van der Waals surface area contributed by atoms with Crippen LogP contribution in [0.2, 0.25) is 0 Å². The molecule has 30 heavy (non-hydrogen) atoms. The van der Waals surface area contributed by atoms with E-state index in [4.69, 9.17) is 0 Å². The maximum Gasteiger partial charge on any atom is 0.416 e. The van der Waals surface area contributed by atoms with E-state index in [0.717, 1.165) is 60.7 Å². The number of benzene rings is 2. The molecule has 0 spiro atoms. The standard InChI is InChI=1S/C22H24F3N3OS/c1-16(29)27-13-11-26(12-14-27)9-4-10-28-18-5-2-3-6-20(18)30-21-8-7-17(15-19(21)28)22(23,24)25/h2-3,5-8,15H,4,9-14H2,1H3. The van der Waals surface area contributed by atoms with Crippen molar-refractivity contribution in [2.45, 2.75) is 29.3 Å². The summed E-state index contributed by atoms with van der Waals surface area (Å²) in [6, 6.07) is 11.9. The molecule has 0 aromatic heterocycles. The Hall–Kier alpha value is -2.19. The van der Waals surface area contributed by atoms with Crippen molar-refractivity contribution in [1.29, 1.82) is 0 Å². The van der Waals surface area contributed by atoms with Crippen molar-refractivity contribution in [1.82, 2.24) is 9.80 Å². The van der Waals surface area contributed by atoms with E-state index >= 15 is 0 Å². The minimum absolute atomic E-state index is 0.106. The van der Waals surface area contributed by atoms with E-state index in [1.165, 1.54) is 17.8 Å². The monoisotopic (exact) mass is 435 g/mol. The Labute approximate surface area is 178 Å². The van der Waals surface area contributed by atoms with Gasteiger partial charge in [-0.2, -0.15) is 13.2 Å². The Morgan fingerprint density at radius 1 is 0.967 bits per heavy atom. The van der Waals surface area contributed by atoms with Crippen molar-refractivity contribution in [3.05, 3.63) is 48.0 Å². The van der Waals surface area contributed by atoms with Crippen molar-refractivity contribution in [2.24, 2.45) is 0 Å². The molecule has 160 valence electrons. The molecule has 2 aromatic rings. The molecule has 1 fully saturated rings. The molecular weight excluding hydrogens is 411 g/mol. The fourth-order valence-electron chi connectivity index (χ4n) is 3.99. The van der Waals surface area contributed by atoms with Gasteiger partial charge in [0.1, 0.15) is 0 Å². The maximum absolute atomic E-state index is 13.3. The largest absolute Gasteiger partial charge is 0.416 e. The first-order valence-electron chi connectivity index (χ1n) is 10.1. The lowest BCUT2D eigenvalue weighted by molar-refractivity contribution is -0.137. The Bertz CT molecular complexity index is 926. The summed E-state index contributed by atoms with van der Waals surface area (Å²) in [5.74, 6) is 0.106. The number of nitrogens with zero attached hydrogens (tertiary/aromatic N) is 3. The molecule has 1 saturated heterocycles. The lowest BCUT2D eigenvalue weighted by atomic mass is 10.1. The van der Waals surface area contributed by atoms with E-state index in [-0.39, 0.29) is 5.91 Å². The Balaban J connectivity index is 1.49. The summed E-state index contributed by atoms with van der Waals surface area (Å²) in [5.41, 5.74) is 0.956. The number of fused-ring (bicyclic) bond motifs is 2. The normalized spacial score (nSPS) is 16.9. The maximum atomic E-state index is 13.3. The van der Waals surface area contributed by atoms with Crippen LogP contribution in [0.1, 0.15) is 18.9 Å². The summed E-state index contributed by atoms with van der Waals surface area (Å²) in [5, 5.41) is 0. The van der Waals surface area contributed by atoms with Crippen LogP contribution in [-0.4, -0.2) is 55.0 Å². The molecule has 0 N–H and O–H groups in total. The SMILES string of the molecule is CC(=O)N1CCN(CCCN2c3ccccc3Sc3ccc(C(F)(F)F)cc32)CC1. The third kappa shape index (κ3) is 4.44. The molecule has 4 nitrogen and oxygen atoms in total. The zero-order valence-electron chi connectivity index (χ0n) is 16.8. The number of halogens is 3. The van der Waals surface area contributed by atoms with Crippen LogP contribution in [0.15, 0.2) is 52.3 Å². The van der Waals surface area contributed by atoms with E-state index in [9.17, 15) is 18.0 Å². The minimum Gasteiger partial charge on any atom is -0.340 e. The summed E-state index contributed by atoms with van der Waals surface area (Å²) in [6.07, 6.45) is -3.53. The van der Waals surface area contributed by atoms with Crippen LogP contribution in [0.25, 0.3) is 0 Å². The van der Waals surface area contributed by atoms with Gasteiger partial charge in [-0.05, 0) is 43.3 Å². The molecule has 0 saturated carbocycles. The Morgan fingerprint density at radius 2 is 1.67 bits per heavy atom. The topological polar surface area (TPSA) is 26.8 Å². The smallest absolute Gasteiger partial charge is 0.340 e. The zero-order chi connectivity index (χ0) is 21.3. The number of anilines is 2. The van der Waals surface area contributed by atoms with Crippen LogP contribution in [0.4, 0.5) is 24.5 Å². The number of carbonyl (C=O) groups is 1. The first kappa shape index (κ1) is 21.1. The second kappa shape index (κ2) is 8.51. The van der Waals surface area contributed by atoms with Crippen molar-refractivity contribution in [3.63, 3.8) is 0 Å². The molecule has 2 aromatic carbocycles. The molecule has 0 radical (unpaired) electrons. The Morgan fingerprint density at radius 3 is 2.37 bits per heavy atom. The summed E-state index contributed by atoms with van der Waals surface area (Å²) in [6.45, 7) is 6.22. The van der Waals surface area contributed by atoms with Crippen LogP contribution >= 0.6 is 11.8 Å². The number of alkyl halides is 3. The molecule has 0 aliphatic carbocycles. The van der Waals surface area contributed by atoms with Crippen molar-refractivity contribution >= 4 is 29.0 Å². The highest BCUT2D eigenvalue weighted by Crippen LogP contribution is 2.49. The average molecular weight is 436 g/mol.